The van der Waals surface area contributed by atoms with Crippen LogP contribution in [0.1, 0.15) is 23.0 Å². The van der Waals surface area contributed by atoms with Crippen LogP contribution in [0.5, 0.6) is 0 Å². The molecule has 0 unspecified atom stereocenters. The molecule has 0 radical (unpaired) electrons. The first-order valence-corrected chi connectivity index (χ1v) is 6.65. The van der Waals surface area contributed by atoms with Gasteiger partial charge in [-0.1, -0.05) is 23.2 Å². The van der Waals surface area contributed by atoms with Crippen molar-refractivity contribution in [2.45, 2.75) is 6.92 Å². The predicted molar refractivity (Wildman–Crippen MR) is 78.7 cm³/mol. The molecule has 2 aromatic rings. The first-order chi connectivity index (χ1) is 9.97. The molecule has 0 saturated carbocycles. The predicted octanol–water partition coefficient (Wildman–Crippen LogP) is 2.81. The fourth-order valence-electron chi connectivity index (χ4n) is 1.74. The second kappa shape index (κ2) is 6.04. The lowest BCUT2D eigenvalue weighted by Gasteiger charge is -2.05. The normalized spacial score (nSPS) is 10.2. The number of rotatable bonds is 3. The van der Waals surface area contributed by atoms with E-state index in [9.17, 15) is 4.79 Å². The number of carbonyl (C=O) groups is 1. The Morgan fingerprint density at radius 1 is 1.43 bits per heavy atom. The number of aromatic nitrogens is 2. The van der Waals surface area contributed by atoms with E-state index in [0.717, 1.165) is 0 Å². The molecule has 108 valence electrons. The first kappa shape index (κ1) is 15.2. The fraction of sp³-hybridized carbons (Fsp3) is 0.154. The summed E-state index contributed by atoms with van der Waals surface area (Å²) in [7, 11) is 0. The van der Waals surface area contributed by atoms with E-state index in [1.165, 1.54) is 4.68 Å². The third-order valence-electron chi connectivity index (χ3n) is 2.59. The zero-order chi connectivity index (χ0) is 15.6. The number of nitriles is 1. The average molecular weight is 325 g/mol. The van der Waals surface area contributed by atoms with E-state index in [-0.39, 0.29) is 23.7 Å². The highest BCUT2D eigenvalue weighted by Gasteiger charge is 2.23. The van der Waals surface area contributed by atoms with Crippen LogP contribution in [0.4, 0.5) is 5.82 Å². The maximum absolute atomic E-state index is 11.8. The molecule has 0 amide bonds. The molecule has 21 heavy (non-hydrogen) atoms. The van der Waals surface area contributed by atoms with Crippen molar-refractivity contribution in [2.24, 2.45) is 0 Å². The number of esters is 1. The summed E-state index contributed by atoms with van der Waals surface area (Å²) in [5, 5.41) is 13.9. The summed E-state index contributed by atoms with van der Waals surface area (Å²) in [4.78, 5) is 11.8. The molecule has 1 aromatic heterocycles. The van der Waals surface area contributed by atoms with Gasteiger partial charge < -0.3 is 10.5 Å². The summed E-state index contributed by atoms with van der Waals surface area (Å²) >= 11 is 11.8. The van der Waals surface area contributed by atoms with Crippen molar-refractivity contribution in [3.63, 3.8) is 0 Å². The van der Waals surface area contributed by atoms with Crippen molar-refractivity contribution < 1.29 is 9.53 Å². The molecule has 0 saturated heterocycles. The molecule has 1 aromatic carbocycles. The minimum atomic E-state index is -0.715. The Hall–Kier alpha value is -2.23. The van der Waals surface area contributed by atoms with Gasteiger partial charge in [0.25, 0.3) is 0 Å². The second-order valence-electron chi connectivity index (χ2n) is 3.98. The number of nitrogens with zero attached hydrogens (tertiary/aromatic N) is 3. The van der Waals surface area contributed by atoms with E-state index in [1.807, 2.05) is 6.07 Å². The molecule has 0 spiro atoms. The van der Waals surface area contributed by atoms with Crippen molar-refractivity contribution in [1.82, 2.24) is 9.78 Å². The lowest BCUT2D eigenvalue weighted by molar-refractivity contribution is 0.0518. The molecule has 2 rings (SSSR count). The Bertz CT molecular complexity index is 729. The monoisotopic (exact) mass is 324 g/mol. The lowest BCUT2D eigenvalue weighted by Crippen LogP contribution is -2.08. The van der Waals surface area contributed by atoms with Crippen LogP contribution >= 0.6 is 23.2 Å². The van der Waals surface area contributed by atoms with Gasteiger partial charge in [0.05, 0.1) is 12.3 Å². The van der Waals surface area contributed by atoms with Gasteiger partial charge in [-0.15, -0.1) is 0 Å². The molecule has 0 aliphatic heterocycles. The second-order valence-corrected chi connectivity index (χ2v) is 4.85. The molecule has 0 bridgehead atoms. The standard InChI is InChI=1S/C13H10Cl2N4O2/c1-2-21-13(20)11-10(6-16)12(17)19(18-11)9-4-7(14)3-8(15)5-9/h3-5H,2,17H2,1H3. The number of hydrogen-bond acceptors (Lipinski definition) is 5. The highest BCUT2D eigenvalue weighted by atomic mass is 35.5. The lowest BCUT2D eigenvalue weighted by atomic mass is 10.2. The molecule has 0 aliphatic rings. The van der Waals surface area contributed by atoms with Crippen LogP contribution in [0.2, 0.25) is 10.0 Å². The van der Waals surface area contributed by atoms with Gasteiger partial charge in [-0.05, 0) is 25.1 Å². The number of halogens is 2. The molecule has 8 heteroatoms. The molecule has 0 aliphatic carbocycles. The van der Waals surface area contributed by atoms with E-state index >= 15 is 0 Å². The Kier molecular flexibility index (Phi) is 4.36. The molecule has 6 nitrogen and oxygen atoms in total. The summed E-state index contributed by atoms with van der Waals surface area (Å²) in [6.07, 6.45) is 0. The molecular weight excluding hydrogens is 315 g/mol. The maximum atomic E-state index is 11.8. The van der Waals surface area contributed by atoms with Crippen LogP contribution in [-0.4, -0.2) is 22.4 Å². The number of hydrogen-bond donors (Lipinski definition) is 1. The van der Waals surface area contributed by atoms with E-state index in [1.54, 1.807) is 25.1 Å². The molecule has 1 heterocycles. The summed E-state index contributed by atoms with van der Waals surface area (Å²) in [6.45, 7) is 1.82. The Morgan fingerprint density at radius 3 is 2.57 bits per heavy atom. The Morgan fingerprint density at radius 2 is 2.05 bits per heavy atom. The van der Waals surface area contributed by atoms with E-state index in [2.05, 4.69) is 5.10 Å². The third-order valence-corrected chi connectivity index (χ3v) is 3.03. The summed E-state index contributed by atoms with van der Waals surface area (Å²) < 4.78 is 6.07. The smallest absolute Gasteiger partial charge is 0.360 e. The number of carbonyl (C=O) groups excluding carboxylic acids is 1. The summed E-state index contributed by atoms with van der Waals surface area (Å²) in [5.41, 5.74) is 6.11. The topological polar surface area (TPSA) is 93.9 Å². The highest BCUT2D eigenvalue weighted by Crippen LogP contribution is 2.26. The van der Waals surface area contributed by atoms with Crippen molar-refractivity contribution in [2.75, 3.05) is 12.3 Å². The summed E-state index contributed by atoms with van der Waals surface area (Å²) in [6, 6.07) is 6.52. The first-order valence-electron chi connectivity index (χ1n) is 5.90. The van der Waals surface area contributed by atoms with Gasteiger partial charge >= 0.3 is 5.97 Å². The Balaban J connectivity index is 2.60. The van der Waals surface area contributed by atoms with Gasteiger partial charge in [0, 0.05) is 10.0 Å². The van der Waals surface area contributed by atoms with Crippen molar-refractivity contribution in [3.8, 4) is 11.8 Å². The van der Waals surface area contributed by atoms with Crippen LogP contribution in [0.15, 0.2) is 18.2 Å². The average Bonchev–Trinajstić information content (AvgIpc) is 2.75. The van der Waals surface area contributed by atoms with Gasteiger partial charge in [-0.3, -0.25) is 0 Å². The number of ether oxygens (including phenoxy) is 1. The van der Waals surface area contributed by atoms with Gasteiger partial charge in [0.1, 0.15) is 17.5 Å². The van der Waals surface area contributed by atoms with E-state index in [0.29, 0.717) is 15.7 Å². The Labute approximate surface area is 130 Å². The van der Waals surface area contributed by atoms with Crippen LogP contribution in [0.3, 0.4) is 0 Å². The number of nitrogen functional groups attached to an aromatic ring is 1. The largest absolute Gasteiger partial charge is 0.461 e. The molecule has 2 N–H and O–H groups in total. The van der Waals surface area contributed by atoms with Gasteiger partial charge in [0.15, 0.2) is 5.69 Å². The van der Waals surface area contributed by atoms with Crippen molar-refractivity contribution in [1.29, 1.82) is 5.26 Å². The highest BCUT2D eigenvalue weighted by molar-refractivity contribution is 6.34. The minimum absolute atomic E-state index is 0.0129. The van der Waals surface area contributed by atoms with Crippen molar-refractivity contribution in [3.05, 3.63) is 39.5 Å². The quantitative estimate of drug-likeness (QED) is 0.876. The van der Waals surface area contributed by atoms with E-state index < -0.39 is 5.97 Å². The van der Waals surface area contributed by atoms with Crippen LogP contribution in [0, 0.1) is 11.3 Å². The maximum Gasteiger partial charge on any atom is 0.360 e. The molecule has 0 fully saturated rings. The van der Waals surface area contributed by atoms with Gasteiger partial charge in [-0.2, -0.15) is 10.4 Å². The zero-order valence-corrected chi connectivity index (χ0v) is 12.4. The van der Waals surface area contributed by atoms with Crippen LogP contribution in [0.25, 0.3) is 5.69 Å². The van der Waals surface area contributed by atoms with Gasteiger partial charge in [-0.25, -0.2) is 9.48 Å². The zero-order valence-electron chi connectivity index (χ0n) is 10.9. The number of anilines is 1. The summed E-state index contributed by atoms with van der Waals surface area (Å²) in [5.74, 6) is -0.702. The SMILES string of the molecule is CCOC(=O)c1nn(-c2cc(Cl)cc(Cl)c2)c(N)c1C#N. The third kappa shape index (κ3) is 2.94. The minimum Gasteiger partial charge on any atom is -0.461 e. The number of benzene rings is 1. The fourth-order valence-corrected chi connectivity index (χ4v) is 2.26. The van der Waals surface area contributed by atoms with Gasteiger partial charge in [0.2, 0.25) is 0 Å². The van der Waals surface area contributed by atoms with E-state index in [4.69, 9.17) is 38.9 Å². The van der Waals surface area contributed by atoms with Crippen molar-refractivity contribution >= 4 is 35.0 Å². The number of nitrogens with two attached hydrogens (primary N) is 1. The van der Waals surface area contributed by atoms with Crippen LogP contribution in [-0.2, 0) is 4.74 Å². The van der Waals surface area contributed by atoms with Crippen LogP contribution < -0.4 is 5.73 Å². The molecular formula is C13H10Cl2N4O2. The molecule has 0 atom stereocenters.